The lowest BCUT2D eigenvalue weighted by molar-refractivity contribution is -0.143. The van der Waals surface area contributed by atoms with Crippen molar-refractivity contribution >= 4 is 44.1 Å². The highest BCUT2D eigenvalue weighted by atomic mass is 35.5. The molecule has 10 nitrogen and oxygen atoms in total. The molecule has 0 bridgehead atoms. The van der Waals surface area contributed by atoms with Crippen LogP contribution in [-0.2, 0) is 21.4 Å². The molecule has 198 valence electrons. The van der Waals surface area contributed by atoms with Crippen molar-refractivity contribution < 1.29 is 31.1 Å². The Labute approximate surface area is 217 Å². The number of fused-ring (bicyclic) bond motifs is 1. The van der Waals surface area contributed by atoms with Gasteiger partial charge in [0.1, 0.15) is 22.9 Å². The molecule has 0 unspecified atom stereocenters. The zero-order valence-corrected chi connectivity index (χ0v) is 20.9. The second-order valence-electron chi connectivity index (χ2n) is 7.94. The van der Waals surface area contributed by atoms with Gasteiger partial charge in [0.2, 0.25) is 5.88 Å². The third-order valence-electron chi connectivity index (χ3n) is 5.36. The number of carbonyl (C=O) groups is 1. The van der Waals surface area contributed by atoms with E-state index in [9.17, 15) is 31.2 Å². The molecular formula is C23H17ClF3N5O5S. The van der Waals surface area contributed by atoms with Crippen LogP contribution in [0.4, 0.5) is 18.9 Å². The van der Waals surface area contributed by atoms with Crippen molar-refractivity contribution in [2.24, 2.45) is 5.73 Å². The first-order chi connectivity index (χ1) is 17.8. The molecule has 0 saturated carbocycles. The number of primary amides is 1. The first-order valence-corrected chi connectivity index (χ1v) is 12.4. The van der Waals surface area contributed by atoms with Crippen LogP contribution in [-0.4, -0.2) is 41.9 Å². The van der Waals surface area contributed by atoms with Gasteiger partial charge < -0.3 is 10.5 Å². The number of aromatic nitrogens is 3. The molecule has 4 rings (SSSR count). The van der Waals surface area contributed by atoms with Crippen LogP contribution >= 0.6 is 11.6 Å². The first kappa shape index (κ1) is 26.9. The number of halogens is 4. The summed E-state index contributed by atoms with van der Waals surface area (Å²) in [5.41, 5.74) is 4.59. The third kappa shape index (κ3) is 5.26. The van der Waals surface area contributed by atoms with Gasteiger partial charge in [-0.3, -0.25) is 18.9 Å². The van der Waals surface area contributed by atoms with Gasteiger partial charge in [-0.25, -0.2) is 22.8 Å². The standard InChI is InChI=1S/C23H17ClF3N5O5S/c1-37-20-18(31-38(35,36)19-5-3-14(25)8-16(19)24)7-13(9-29-20)12-2-4-17-15(6-12)21(33)32(11-30-17)10-23(26,27)22(28)34/h2-9,11,31H,10H2,1H3,(H2,28,34). The lowest BCUT2D eigenvalue weighted by atomic mass is 10.1. The number of sulfonamides is 1. The van der Waals surface area contributed by atoms with Crippen molar-refractivity contribution in [2.75, 3.05) is 11.8 Å². The number of nitrogens with zero attached hydrogens (tertiary/aromatic N) is 3. The predicted molar refractivity (Wildman–Crippen MR) is 132 cm³/mol. The second kappa shape index (κ2) is 9.95. The van der Waals surface area contributed by atoms with Crippen LogP contribution in [0, 0.1) is 5.82 Å². The number of hydrogen-bond donors (Lipinski definition) is 2. The van der Waals surface area contributed by atoms with Gasteiger partial charge in [-0.15, -0.1) is 0 Å². The van der Waals surface area contributed by atoms with E-state index in [1.165, 1.54) is 31.5 Å². The fraction of sp³-hybridized carbons (Fsp3) is 0.130. The molecule has 4 aromatic rings. The Morgan fingerprint density at radius 3 is 2.55 bits per heavy atom. The zero-order valence-electron chi connectivity index (χ0n) is 19.3. The Morgan fingerprint density at radius 2 is 1.89 bits per heavy atom. The number of anilines is 1. The van der Waals surface area contributed by atoms with E-state index in [2.05, 4.69) is 14.7 Å². The highest BCUT2D eigenvalue weighted by Crippen LogP contribution is 2.32. The summed E-state index contributed by atoms with van der Waals surface area (Å²) >= 11 is 5.91. The molecule has 2 aromatic carbocycles. The van der Waals surface area contributed by atoms with E-state index in [1.807, 2.05) is 0 Å². The number of pyridine rings is 1. The molecule has 0 aliphatic rings. The van der Waals surface area contributed by atoms with Gasteiger partial charge >= 0.3 is 5.92 Å². The molecule has 2 heterocycles. The minimum atomic E-state index is -4.30. The van der Waals surface area contributed by atoms with Crippen LogP contribution in [0.15, 0.2) is 64.7 Å². The normalized spacial score (nSPS) is 11.9. The summed E-state index contributed by atoms with van der Waals surface area (Å²) in [6.45, 7) is -1.30. The number of nitrogens with two attached hydrogens (primary N) is 1. The van der Waals surface area contributed by atoms with Crippen molar-refractivity contribution in [1.82, 2.24) is 14.5 Å². The van der Waals surface area contributed by atoms with Crippen molar-refractivity contribution in [3.05, 3.63) is 76.2 Å². The number of methoxy groups -OCH3 is 1. The number of hydrogen-bond acceptors (Lipinski definition) is 7. The molecule has 0 aliphatic carbocycles. The van der Waals surface area contributed by atoms with Gasteiger partial charge in [0.15, 0.2) is 0 Å². The van der Waals surface area contributed by atoms with E-state index in [1.54, 1.807) is 6.07 Å². The molecule has 0 saturated heterocycles. The Balaban J connectivity index is 1.76. The molecule has 3 N–H and O–H groups in total. The van der Waals surface area contributed by atoms with E-state index in [0.29, 0.717) is 15.7 Å². The van der Waals surface area contributed by atoms with Crippen LogP contribution in [0.1, 0.15) is 0 Å². The summed E-state index contributed by atoms with van der Waals surface area (Å²) in [6.07, 6.45) is 2.21. The molecule has 0 fully saturated rings. The average molecular weight is 568 g/mol. The molecule has 0 spiro atoms. The summed E-state index contributed by atoms with van der Waals surface area (Å²) in [7, 11) is -3.04. The van der Waals surface area contributed by atoms with E-state index < -0.39 is 44.7 Å². The summed E-state index contributed by atoms with van der Waals surface area (Å²) in [6, 6.07) is 8.48. The molecule has 0 atom stereocenters. The Morgan fingerprint density at radius 1 is 1.16 bits per heavy atom. The molecule has 2 aromatic heterocycles. The molecular weight excluding hydrogens is 551 g/mol. The summed E-state index contributed by atoms with van der Waals surface area (Å²) < 4.78 is 74.8. The predicted octanol–water partition coefficient (Wildman–Crippen LogP) is 3.18. The minimum absolute atomic E-state index is 0.0543. The Hall–Kier alpha value is -4.17. The van der Waals surface area contributed by atoms with Gasteiger partial charge in [-0.2, -0.15) is 8.78 Å². The maximum absolute atomic E-state index is 13.8. The molecule has 0 aliphatic heterocycles. The van der Waals surface area contributed by atoms with Gasteiger partial charge in [0.05, 0.1) is 29.4 Å². The van der Waals surface area contributed by atoms with Crippen molar-refractivity contribution in [3.63, 3.8) is 0 Å². The maximum atomic E-state index is 13.8. The minimum Gasteiger partial charge on any atom is -0.480 e. The number of rotatable bonds is 8. The monoisotopic (exact) mass is 567 g/mol. The number of alkyl halides is 2. The van der Waals surface area contributed by atoms with Crippen LogP contribution in [0.3, 0.4) is 0 Å². The van der Waals surface area contributed by atoms with Gasteiger partial charge in [-0.05, 0) is 42.0 Å². The van der Waals surface area contributed by atoms with Crippen LogP contribution in [0.2, 0.25) is 5.02 Å². The molecule has 1 amide bonds. The summed E-state index contributed by atoms with van der Waals surface area (Å²) in [5, 5.41) is -0.401. The van der Waals surface area contributed by atoms with Crippen molar-refractivity contribution in [3.8, 4) is 17.0 Å². The van der Waals surface area contributed by atoms with Crippen LogP contribution < -0.4 is 20.8 Å². The fourth-order valence-electron chi connectivity index (χ4n) is 3.48. The first-order valence-electron chi connectivity index (χ1n) is 10.5. The third-order valence-corrected chi connectivity index (χ3v) is 7.21. The van der Waals surface area contributed by atoms with E-state index in [4.69, 9.17) is 22.1 Å². The number of carbonyl (C=O) groups excluding carboxylic acids is 1. The number of benzene rings is 2. The summed E-state index contributed by atoms with van der Waals surface area (Å²) in [4.78, 5) is 31.5. The SMILES string of the molecule is COc1ncc(-c2ccc3ncn(CC(F)(F)C(N)=O)c(=O)c3c2)cc1NS(=O)(=O)c1ccc(F)cc1Cl. The van der Waals surface area contributed by atoms with Gasteiger partial charge in [0.25, 0.3) is 21.5 Å². The zero-order chi connectivity index (χ0) is 27.8. The smallest absolute Gasteiger partial charge is 0.341 e. The van der Waals surface area contributed by atoms with E-state index >= 15 is 0 Å². The molecule has 0 radical (unpaired) electrons. The highest BCUT2D eigenvalue weighted by molar-refractivity contribution is 7.92. The van der Waals surface area contributed by atoms with E-state index in [-0.39, 0.29) is 27.5 Å². The largest absolute Gasteiger partial charge is 0.480 e. The molecule has 38 heavy (non-hydrogen) atoms. The van der Waals surface area contributed by atoms with Gasteiger partial charge in [0, 0.05) is 11.8 Å². The molecule has 15 heteroatoms. The lowest BCUT2D eigenvalue weighted by Gasteiger charge is -2.15. The quantitative estimate of drug-likeness (QED) is 0.332. The average Bonchev–Trinajstić information content (AvgIpc) is 2.85. The van der Waals surface area contributed by atoms with Crippen LogP contribution in [0.5, 0.6) is 5.88 Å². The van der Waals surface area contributed by atoms with Crippen molar-refractivity contribution in [2.45, 2.75) is 17.4 Å². The van der Waals surface area contributed by atoms with Crippen molar-refractivity contribution in [1.29, 1.82) is 0 Å². The van der Waals surface area contributed by atoms with Gasteiger partial charge in [-0.1, -0.05) is 17.7 Å². The summed E-state index contributed by atoms with van der Waals surface area (Å²) in [5.74, 6) is -6.69. The number of amides is 1. The van der Waals surface area contributed by atoms with Crippen LogP contribution in [0.25, 0.3) is 22.0 Å². The Kier molecular flexibility index (Phi) is 7.04. The maximum Gasteiger partial charge on any atom is 0.341 e. The second-order valence-corrected chi connectivity index (χ2v) is 10.00. The Bertz CT molecular complexity index is 1750. The lowest BCUT2D eigenvalue weighted by Crippen LogP contribution is -2.41. The number of nitrogens with one attached hydrogen (secondary N) is 1. The number of ether oxygens (including phenoxy) is 1. The highest BCUT2D eigenvalue weighted by Gasteiger charge is 2.37. The van der Waals surface area contributed by atoms with E-state index in [0.717, 1.165) is 24.5 Å². The topological polar surface area (TPSA) is 146 Å². The fourth-order valence-corrected chi connectivity index (χ4v) is 5.06.